The Bertz CT molecular complexity index is 1140. The zero-order valence-corrected chi connectivity index (χ0v) is 15.5. The Labute approximate surface area is 165 Å². The van der Waals surface area contributed by atoms with Gasteiger partial charge in [0.15, 0.2) is 0 Å². The number of carbonyl (C=O) groups excluding carboxylic acids is 2. The van der Waals surface area contributed by atoms with Crippen molar-refractivity contribution in [1.82, 2.24) is 14.9 Å². The highest BCUT2D eigenvalue weighted by Crippen LogP contribution is 2.27. The summed E-state index contributed by atoms with van der Waals surface area (Å²) in [7, 11) is 0. The van der Waals surface area contributed by atoms with Crippen molar-refractivity contribution in [2.24, 2.45) is 5.92 Å². The molecule has 1 saturated heterocycles. The molecule has 0 spiro atoms. The normalized spacial score (nSPS) is 16.4. The first-order chi connectivity index (χ1) is 14.0. The lowest BCUT2D eigenvalue weighted by molar-refractivity contribution is -0.126. The Balaban J connectivity index is 1.37. The van der Waals surface area contributed by atoms with Crippen molar-refractivity contribution in [2.45, 2.75) is 13.0 Å². The summed E-state index contributed by atoms with van der Waals surface area (Å²) in [6.45, 7) is 0.617. The number of benzene rings is 2. The molecular formula is C21H19FN4O3. The second-order valence-corrected chi connectivity index (χ2v) is 6.91. The van der Waals surface area contributed by atoms with Crippen LogP contribution in [0.25, 0.3) is 10.9 Å². The number of hydrogen-bond donors (Lipinski definition) is 1. The third-order valence-electron chi connectivity index (χ3n) is 5.02. The van der Waals surface area contributed by atoms with Gasteiger partial charge in [0.05, 0.1) is 28.8 Å². The van der Waals surface area contributed by atoms with Gasteiger partial charge in [0.1, 0.15) is 5.82 Å². The molecule has 1 aromatic heterocycles. The standard InChI is InChI=1S/C21H19FN4O3/c22-16-6-2-4-8-18(16)26-12-14(11-19(26)27)20(28)23-9-10-25-13-24-17-7-3-1-5-15(17)21(25)29/h1-8,13-14H,9-12H2,(H,23,28)/t14-/m1/s1. The third kappa shape index (κ3) is 3.73. The average molecular weight is 394 g/mol. The van der Waals surface area contributed by atoms with E-state index in [1.165, 1.54) is 27.9 Å². The molecule has 1 N–H and O–H groups in total. The molecule has 148 valence electrons. The molecule has 0 radical (unpaired) electrons. The van der Waals surface area contributed by atoms with Crippen molar-refractivity contribution in [2.75, 3.05) is 18.0 Å². The van der Waals surface area contributed by atoms with Crippen LogP contribution in [0.15, 0.2) is 59.7 Å². The number of hydrogen-bond acceptors (Lipinski definition) is 4. The summed E-state index contributed by atoms with van der Waals surface area (Å²) in [5.41, 5.74) is 0.628. The van der Waals surface area contributed by atoms with Crippen molar-refractivity contribution in [3.63, 3.8) is 0 Å². The maximum atomic E-state index is 13.9. The van der Waals surface area contributed by atoms with Crippen LogP contribution in [-0.2, 0) is 16.1 Å². The second-order valence-electron chi connectivity index (χ2n) is 6.91. The molecule has 0 unspecified atom stereocenters. The van der Waals surface area contributed by atoms with E-state index in [0.717, 1.165) is 0 Å². The molecular weight excluding hydrogens is 375 g/mol. The van der Waals surface area contributed by atoms with E-state index in [4.69, 9.17) is 0 Å². The molecule has 3 aromatic rings. The Hall–Kier alpha value is -3.55. The third-order valence-corrected chi connectivity index (χ3v) is 5.02. The molecule has 1 aliphatic heterocycles. The molecule has 1 fully saturated rings. The molecule has 0 bridgehead atoms. The van der Waals surface area contributed by atoms with Gasteiger partial charge >= 0.3 is 0 Å². The van der Waals surface area contributed by atoms with E-state index in [2.05, 4.69) is 10.3 Å². The van der Waals surface area contributed by atoms with Gasteiger partial charge in [0, 0.05) is 26.1 Å². The number of halogens is 1. The number of nitrogens with zero attached hydrogens (tertiary/aromatic N) is 3. The Kier molecular flexibility index (Phi) is 5.07. The number of carbonyl (C=O) groups is 2. The zero-order valence-electron chi connectivity index (χ0n) is 15.5. The van der Waals surface area contributed by atoms with Crippen LogP contribution in [0, 0.1) is 11.7 Å². The van der Waals surface area contributed by atoms with Crippen LogP contribution < -0.4 is 15.8 Å². The number of anilines is 1. The minimum Gasteiger partial charge on any atom is -0.354 e. The number of aromatic nitrogens is 2. The van der Waals surface area contributed by atoms with Gasteiger partial charge in [0.25, 0.3) is 5.56 Å². The highest BCUT2D eigenvalue weighted by atomic mass is 19.1. The van der Waals surface area contributed by atoms with Crippen LogP contribution in [0.4, 0.5) is 10.1 Å². The van der Waals surface area contributed by atoms with E-state index in [-0.39, 0.29) is 49.1 Å². The quantitative estimate of drug-likeness (QED) is 0.714. The molecule has 8 heteroatoms. The van der Waals surface area contributed by atoms with E-state index in [0.29, 0.717) is 10.9 Å². The van der Waals surface area contributed by atoms with Crippen LogP contribution in [0.2, 0.25) is 0 Å². The topological polar surface area (TPSA) is 84.3 Å². The Morgan fingerprint density at radius 1 is 1.14 bits per heavy atom. The Morgan fingerprint density at radius 2 is 1.90 bits per heavy atom. The van der Waals surface area contributed by atoms with Gasteiger partial charge in [-0.2, -0.15) is 0 Å². The number of amides is 2. The first-order valence-electron chi connectivity index (χ1n) is 9.31. The van der Waals surface area contributed by atoms with E-state index in [1.807, 2.05) is 6.07 Å². The highest BCUT2D eigenvalue weighted by molar-refractivity contribution is 6.00. The monoisotopic (exact) mass is 394 g/mol. The molecule has 0 aliphatic carbocycles. The maximum absolute atomic E-state index is 13.9. The van der Waals surface area contributed by atoms with Crippen LogP contribution >= 0.6 is 0 Å². The van der Waals surface area contributed by atoms with Crippen molar-refractivity contribution in [1.29, 1.82) is 0 Å². The number of nitrogens with one attached hydrogen (secondary N) is 1. The van der Waals surface area contributed by atoms with E-state index in [1.54, 1.807) is 30.3 Å². The van der Waals surface area contributed by atoms with Crippen molar-refractivity contribution in [3.8, 4) is 0 Å². The van der Waals surface area contributed by atoms with E-state index >= 15 is 0 Å². The minimum absolute atomic E-state index is 0.0254. The molecule has 1 atom stereocenters. The fraction of sp³-hybridized carbons (Fsp3) is 0.238. The lowest BCUT2D eigenvalue weighted by atomic mass is 10.1. The first kappa shape index (κ1) is 18.8. The molecule has 4 rings (SSSR count). The number of fused-ring (bicyclic) bond motifs is 1. The molecule has 29 heavy (non-hydrogen) atoms. The van der Waals surface area contributed by atoms with Crippen LogP contribution in [0.5, 0.6) is 0 Å². The lowest BCUT2D eigenvalue weighted by Gasteiger charge is -2.17. The largest absolute Gasteiger partial charge is 0.354 e. The second kappa shape index (κ2) is 7.83. The van der Waals surface area contributed by atoms with Gasteiger partial charge in [-0.15, -0.1) is 0 Å². The average Bonchev–Trinajstić information content (AvgIpc) is 3.12. The fourth-order valence-electron chi connectivity index (χ4n) is 3.50. The minimum atomic E-state index is -0.562. The first-order valence-corrected chi connectivity index (χ1v) is 9.31. The molecule has 1 aliphatic rings. The zero-order chi connectivity index (χ0) is 20.4. The van der Waals surface area contributed by atoms with E-state index in [9.17, 15) is 18.8 Å². The van der Waals surface area contributed by atoms with Crippen LogP contribution in [0.1, 0.15) is 6.42 Å². The predicted octanol–water partition coefficient (Wildman–Crippen LogP) is 1.70. The van der Waals surface area contributed by atoms with Gasteiger partial charge in [-0.25, -0.2) is 9.37 Å². The molecule has 2 amide bonds. The summed E-state index contributed by atoms with van der Waals surface area (Å²) >= 11 is 0. The summed E-state index contributed by atoms with van der Waals surface area (Å²) in [6, 6.07) is 13.1. The predicted molar refractivity (Wildman–Crippen MR) is 106 cm³/mol. The lowest BCUT2D eigenvalue weighted by Crippen LogP contribution is -2.36. The molecule has 2 heterocycles. The summed E-state index contributed by atoms with van der Waals surface area (Å²) in [5.74, 6) is -1.64. The SMILES string of the molecule is O=C(NCCn1cnc2ccccc2c1=O)[C@@H]1CC(=O)N(c2ccccc2F)C1. The van der Waals surface area contributed by atoms with Crippen LogP contribution in [0.3, 0.4) is 0 Å². The van der Waals surface area contributed by atoms with Crippen molar-refractivity contribution < 1.29 is 14.0 Å². The highest BCUT2D eigenvalue weighted by Gasteiger charge is 2.35. The summed E-state index contributed by atoms with van der Waals surface area (Å²) in [4.78, 5) is 42.7. The van der Waals surface area contributed by atoms with Gasteiger partial charge < -0.3 is 10.2 Å². The molecule has 2 aromatic carbocycles. The van der Waals surface area contributed by atoms with Crippen molar-refractivity contribution in [3.05, 3.63) is 71.0 Å². The van der Waals surface area contributed by atoms with Crippen molar-refractivity contribution >= 4 is 28.4 Å². The number of para-hydroxylation sites is 2. The maximum Gasteiger partial charge on any atom is 0.261 e. The molecule has 7 nitrogen and oxygen atoms in total. The van der Waals surface area contributed by atoms with Gasteiger partial charge in [-0.1, -0.05) is 24.3 Å². The summed E-state index contributed by atoms with van der Waals surface area (Å²) < 4.78 is 15.4. The van der Waals surface area contributed by atoms with Gasteiger partial charge in [0.2, 0.25) is 11.8 Å². The van der Waals surface area contributed by atoms with Gasteiger partial charge in [-0.05, 0) is 24.3 Å². The summed E-state index contributed by atoms with van der Waals surface area (Å²) in [6.07, 6.45) is 1.48. The smallest absolute Gasteiger partial charge is 0.261 e. The number of rotatable bonds is 5. The molecule has 0 saturated carbocycles. The Morgan fingerprint density at radius 3 is 2.72 bits per heavy atom. The van der Waals surface area contributed by atoms with Gasteiger partial charge in [-0.3, -0.25) is 19.0 Å². The van der Waals surface area contributed by atoms with E-state index < -0.39 is 11.7 Å². The fourth-order valence-corrected chi connectivity index (χ4v) is 3.50. The summed E-state index contributed by atoms with van der Waals surface area (Å²) in [5, 5.41) is 3.27. The van der Waals surface area contributed by atoms with Crippen LogP contribution in [-0.4, -0.2) is 34.5 Å².